The number of hydrogen-bond acceptors (Lipinski definition) is 6. The molecule has 3 aromatic rings. The molecule has 0 unspecified atom stereocenters. The number of anilines is 1. The van der Waals surface area contributed by atoms with Gasteiger partial charge in [0, 0.05) is 24.2 Å². The Bertz CT molecular complexity index is 1240. The molecule has 0 saturated carbocycles. The first-order valence-electron chi connectivity index (χ1n) is 12.9. The summed E-state index contributed by atoms with van der Waals surface area (Å²) in [7, 11) is -3.66. The van der Waals surface area contributed by atoms with Crippen LogP contribution in [-0.2, 0) is 26.1 Å². The largest absolute Gasteiger partial charge is 0.392 e. The maximum absolute atomic E-state index is 12.7. The molecule has 2 heterocycles. The highest BCUT2D eigenvalue weighted by atomic mass is 32.2. The second-order valence-electron chi connectivity index (χ2n) is 9.75. The van der Waals surface area contributed by atoms with Crippen molar-refractivity contribution in [2.45, 2.75) is 55.7 Å². The zero-order valence-corrected chi connectivity index (χ0v) is 21.6. The van der Waals surface area contributed by atoms with Gasteiger partial charge in [-0.05, 0) is 61.3 Å². The molecule has 0 aromatic heterocycles. The average molecular weight is 523 g/mol. The van der Waals surface area contributed by atoms with Crippen LogP contribution in [0, 0.1) is 0 Å². The summed E-state index contributed by atoms with van der Waals surface area (Å²) in [5.41, 5.74) is 3.24. The predicted octanol–water partition coefficient (Wildman–Crippen LogP) is 5.01. The second kappa shape index (κ2) is 11.8. The summed E-state index contributed by atoms with van der Waals surface area (Å²) in [6.45, 7) is 3.06. The normalized spacial score (nSPS) is 23.0. The van der Waals surface area contributed by atoms with Crippen LogP contribution in [0.25, 0.3) is 0 Å². The minimum atomic E-state index is -3.66. The van der Waals surface area contributed by atoms with E-state index in [1.54, 1.807) is 42.5 Å². The molecule has 7 nitrogen and oxygen atoms in total. The average Bonchev–Trinajstić information content (AvgIpc) is 2.94. The Hall–Kier alpha value is -2.75. The highest BCUT2D eigenvalue weighted by Crippen LogP contribution is 2.38. The van der Waals surface area contributed by atoms with Crippen LogP contribution in [0.3, 0.4) is 0 Å². The summed E-state index contributed by atoms with van der Waals surface area (Å²) in [5, 5.41) is 9.41. The van der Waals surface area contributed by atoms with Crippen LogP contribution in [0.15, 0.2) is 83.8 Å². The molecule has 0 aliphatic carbocycles. The molecule has 0 radical (unpaired) electrons. The van der Waals surface area contributed by atoms with E-state index in [0.717, 1.165) is 42.7 Å². The fraction of sp³-hybridized carbons (Fsp3) is 0.379. The molecule has 2 saturated heterocycles. The van der Waals surface area contributed by atoms with Gasteiger partial charge < -0.3 is 19.5 Å². The standard InChI is InChI=1S/C29H34N2O5S/c32-21-22-9-11-23(12-10-22)28-19-26(20-31-17-5-2-6-18-31)35-29(36-28)24-13-15-25(16-14-24)30-37(33,34)27-7-3-1-4-8-27/h1,3-4,7-16,26,28-30,32H,2,5-6,17-21H2/t26-,28+,29+/m0/s1. The highest BCUT2D eigenvalue weighted by molar-refractivity contribution is 7.92. The monoisotopic (exact) mass is 522 g/mol. The Morgan fingerprint density at radius 3 is 2.19 bits per heavy atom. The molecule has 3 atom stereocenters. The second-order valence-corrected chi connectivity index (χ2v) is 11.4. The van der Waals surface area contributed by atoms with E-state index in [4.69, 9.17) is 9.47 Å². The predicted molar refractivity (Wildman–Crippen MR) is 142 cm³/mol. The van der Waals surface area contributed by atoms with Crippen LogP contribution >= 0.6 is 0 Å². The number of nitrogens with zero attached hydrogens (tertiary/aromatic N) is 1. The molecule has 196 valence electrons. The number of nitrogens with one attached hydrogen (secondary N) is 1. The van der Waals surface area contributed by atoms with Crippen LogP contribution in [0.4, 0.5) is 5.69 Å². The zero-order valence-electron chi connectivity index (χ0n) is 20.8. The van der Waals surface area contributed by atoms with Crippen molar-refractivity contribution < 1.29 is 23.0 Å². The molecule has 0 bridgehead atoms. The van der Waals surface area contributed by atoms with Gasteiger partial charge in [-0.1, -0.05) is 61.0 Å². The Balaban J connectivity index is 1.33. The zero-order chi connectivity index (χ0) is 25.7. The third kappa shape index (κ3) is 6.58. The smallest absolute Gasteiger partial charge is 0.261 e. The van der Waals surface area contributed by atoms with Gasteiger partial charge in [0.25, 0.3) is 10.0 Å². The summed E-state index contributed by atoms with van der Waals surface area (Å²) in [5.74, 6) is 0. The van der Waals surface area contributed by atoms with Gasteiger partial charge in [-0.2, -0.15) is 0 Å². The molecule has 0 spiro atoms. The number of sulfonamides is 1. The van der Waals surface area contributed by atoms with E-state index in [0.29, 0.717) is 5.69 Å². The Morgan fingerprint density at radius 2 is 1.51 bits per heavy atom. The minimum absolute atomic E-state index is 0.00943. The maximum atomic E-state index is 12.7. The van der Waals surface area contributed by atoms with E-state index in [2.05, 4.69) is 9.62 Å². The molecule has 2 fully saturated rings. The van der Waals surface area contributed by atoms with E-state index in [1.165, 1.54) is 19.3 Å². The molecule has 5 rings (SSSR count). The molecular weight excluding hydrogens is 488 g/mol. The minimum Gasteiger partial charge on any atom is -0.392 e. The Labute approximate surface area is 219 Å². The third-order valence-electron chi connectivity index (χ3n) is 7.01. The van der Waals surface area contributed by atoms with Crippen LogP contribution in [-0.4, -0.2) is 44.2 Å². The Kier molecular flexibility index (Phi) is 8.22. The van der Waals surface area contributed by atoms with Gasteiger partial charge in [0.1, 0.15) is 0 Å². The van der Waals surface area contributed by atoms with Gasteiger partial charge in [-0.3, -0.25) is 4.72 Å². The van der Waals surface area contributed by atoms with Crippen LogP contribution in [0.5, 0.6) is 0 Å². The van der Waals surface area contributed by atoms with E-state index in [-0.39, 0.29) is 23.7 Å². The van der Waals surface area contributed by atoms with Crippen molar-refractivity contribution in [3.63, 3.8) is 0 Å². The van der Waals surface area contributed by atoms with Crippen LogP contribution in [0.2, 0.25) is 0 Å². The summed E-state index contributed by atoms with van der Waals surface area (Å²) >= 11 is 0. The fourth-order valence-electron chi connectivity index (χ4n) is 4.98. The number of likely N-dealkylation sites (tertiary alicyclic amines) is 1. The summed E-state index contributed by atoms with van der Waals surface area (Å²) in [4.78, 5) is 2.69. The number of hydrogen-bond donors (Lipinski definition) is 2. The first-order valence-corrected chi connectivity index (χ1v) is 14.4. The van der Waals surface area contributed by atoms with Crippen molar-refractivity contribution in [3.05, 3.63) is 95.6 Å². The first-order chi connectivity index (χ1) is 18.0. The highest BCUT2D eigenvalue weighted by Gasteiger charge is 2.33. The molecule has 8 heteroatoms. The van der Waals surface area contributed by atoms with Gasteiger partial charge in [0.15, 0.2) is 6.29 Å². The number of aliphatic hydroxyl groups is 1. The summed E-state index contributed by atoms with van der Waals surface area (Å²) < 4.78 is 40.9. The lowest BCUT2D eigenvalue weighted by Crippen LogP contribution is -2.41. The molecular formula is C29H34N2O5S. The van der Waals surface area contributed by atoms with Crippen molar-refractivity contribution >= 4 is 15.7 Å². The van der Waals surface area contributed by atoms with E-state index in [1.807, 2.05) is 36.4 Å². The quantitative estimate of drug-likeness (QED) is 0.432. The van der Waals surface area contributed by atoms with Gasteiger partial charge >= 0.3 is 0 Å². The van der Waals surface area contributed by atoms with E-state index in [9.17, 15) is 13.5 Å². The lowest BCUT2D eigenvalue weighted by molar-refractivity contribution is -0.253. The molecule has 2 aliphatic rings. The maximum Gasteiger partial charge on any atom is 0.261 e. The fourth-order valence-corrected chi connectivity index (χ4v) is 6.06. The lowest BCUT2D eigenvalue weighted by atomic mass is 9.99. The summed E-state index contributed by atoms with van der Waals surface area (Å²) in [6, 6.07) is 23.4. The van der Waals surface area contributed by atoms with Crippen molar-refractivity contribution in [2.75, 3.05) is 24.4 Å². The van der Waals surface area contributed by atoms with Crippen molar-refractivity contribution in [2.24, 2.45) is 0 Å². The third-order valence-corrected chi connectivity index (χ3v) is 8.41. The van der Waals surface area contributed by atoms with Crippen LogP contribution < -0.4 is 4.72 Å². The molecule has 37 heavy (non-hydrogen) atoms. The number of benzene rings is 3. The number of aliphatic hydroxyl groups excluding tert-OH is 1. The van der Waals surface area contributed by atoms with Gasteiger partial charge in [-0.15, -0.1) is 0 Å². The SMILES string of the molecule is O=S(=O)(Nc1ccc([C@@H]2O[C@H](CN3CCCCC3)C[C@H](c3ccc(CO)cc3)O2)cc1)c1ccccc1. The van der Waals surface area contributed by atoms with Gasteiger partial charge in [0.2, 0.25) is 0 Å². The number of rotatable bonds is 8. The van der Waals surface area contributed by atoms with Crippen molar-refractivity contribution in [1.29, 1.82) is 0 Å². The summed E-state index contributed by atoms with van der Waals surface area (Å²) in [6.07, 6.45) is 3.78. The number of ether oxygens (including phenoxy) is 2. The molecule has 0 amide bonds. The van der Waals surface area contributed by atoms with Gasteiger partial charge in [0.05, 0.1) is 23.7 Å². The van der Waals surface area contributed by atoms with Gasteiger partial charge in [-0.25, -0.2) is 8.42 Å². The molecule has 2 aliphatic heterocycles. The molecule has 2 N–H and O–H groups in total. The van der Waals surface area contributed by atoms with Crippen molar-refractivity contribution in [1.82, 2.24) is 4.90 Å². The first kappa shape index (κ1) is 25.9. The molecule has 3 aromatic carbocycles. The lowest BCUT2D eigenvalue weighted by Gasteiger charge is -2.39. The van der Waals surface area contributed by atoms with E-state index < -0.39 is 16.3 Å². The topological polar surface area (TPSA) is 88.1 Å². The Morgan fingerprint density at radius 1 is 0.838 bits per heavy atom. The number of piperidine rings is 1. The van der Waals surface area contributed by atoms with E-state index >= 15 is 0 Å². The van der Waals surface area contributed by atoms with Crippen molar-refractivity contribution in [3.8, 4) is 0 Å². The van der Waals surface area contributed by atoms with Crippen LogP contribution in [0.1, 0.15) is 54.8 Å².